The van der Waals surface area contributed by atoms with Crippen LogP contribution in [0.2, 0.25) is 0 Å². The molecule has 1 aliphatic heterocycles. The van der Waals surface area contributed by atoms with Crippen molar-refractivity contribution in [3.8, 4) is 5.75 Å². The van der Waals surface area contributed by atoms with Crippen molar-refractivity contribution in [2.75, 3.05) is 12.3 Å². The van der Waals surface area contributed by atoms with Gasteiger partial charge in [-0.2, -0.15) is 13.2 Å². The molecule has 0 radical (unpaired) electrons. The number of rotatable bonds is 1. The van der Waals surface area contributed by atoms with Gasteiger partial charge in [0.1, 0.15) is 11.3 Å². The van der Waals surface area contributed by atoms with Crippen molar-refractivity contribution in [1.29, 1.82) is 0 Å². The second-order valence-electron chi connectivity index (χ2n) is 4.71. The summed E-state index contributed by atoms with van der Waals surface area (Å²) in [6.45, 7) is 0.581. The maximum atomic E-state index is 13.0. The number of pyridine rings is 1. The van der Waals surface area contributed by atoms with E-state index in [0.29, 0.717) is 11.7 Å². The van der Waals surface area contributed by atoms with Gasteiger partial charge in [-0.3, -0.25) is 14.8 Å². The van der Waals surface area contributed by atoms with Crippen molar-refractivity contribution < 1.29 is 23.1 Å². The molecule has 0 unspecified atom stereocenters. The van der Waals surface area contributed by atoms with Gasteiger partial charge in [0.25, 0.3) is 5.91 Å². The molecule has 5 nitrogen and oxygen atoms in total. The van der Waals surface area contributed by atoms with Gasteiger partial charge in [-0.15, -0.1) is 0 Å². The van der Waals surface area contributed by atoms with Gasteiger partial charge in [-0.25, -0.2) is 0 Å². The standard InChI is InChI=1S/C14H10F3N3O2S/c15-14(16,17)9-3-1-2-7-10(9)19-6-8(11(7)21)12(22)20-13-18-4-5-23-13/h1-3,6H,4-5H2,(H,19,21)(H,18,20,22). The van der Waals surface area contributed by atoms with Crippen LogP contribution >= 0.6 is 11.8 Å². The number of aliphatic imine (C=N–C) groups is 1. The van der Waals surface area contributed by atoms with Crippen LogP contribution < -0.4 is 5.32 Å². The Morgan fingerprint density at radius 1 is 1.35 bits per heavy atom. The molecule has 0 atom stereocenters. The molecule has 9 heteroatoms. The summed E-state index contributed by atoms with van der Waals surface area (Å²) in [5.41, 5.74) is -1.57. The Morgan fingerprint density at radius 2 is 2.13 bits per heavy atom. The van der Waals surface area contributed by atoms with Crippen molar-refractivity contribution in [3.63, 3.8) is 0 Å². The van der Waals surface area contributed by atoms with Gasteiger partial charge in [0.05, 0.1) is 17.6 Å². The lowest BCUT2D eigenvalue weighted by Crippen LogP contribution is -2.27. The fourth-order valence-corrected chi connectivity index (χ4v) is 2.90. The minimum Gasteiger partial charge on any atom is -0.506 e. The molecule has 0 fully saturated rings. The van der Waals surface area contributed by atoms with E-state index in [1.165, 1.54) is 17.8 Å². The van der Waals surface area contributed by atoms with Crippen LogP contribution in [0.3, 0.4) is 0 Å². The first kappa shape index (κ1) is 15.6. The van der Waals surface area contributed by atoms with Crippen LogP contribution in [0.1, 0.15) is 15.9 Å². The van der Waals surface area contributed by atoms with Crippen LogP contribution in [0.5, 0.6) is 5.75 Å². The van der Waals surface area contributed by atoms with E-state index in [9.17, 15) is 23.1 Å². The van der Waals surface area contributed by atoms with E-state index in [2.05, 4.69) is 15.3 Å². The fourth-order valence-electron chi connectivity index (χ4n) is 2.18. The molecule has 23 heavy (non-hydrogen) atoms. The number of hydrogen-bond acceptors (Lipinski definition) is 5. The number of carbonyl (C=O) groups excluding carboxylic acids is 1. The number of amides is 1. The lowest BCUT2D eigenvalue weighted by Gasteiger charge is -2.12. The summed E-state index contributed by atoms with van der Waals surface area (Å²) >= 11 is 1.35. The summed E-state index contributed by atoms with van der Waals surface area (Å²) in [7, 11) is 0. The number of nitrogens with one attached hydrogen (secondary N) is 1. The summed E-state index contributed by atoms with van der Waals surface area (Å²) in [6, 6.07) is 3.31. The van der Waals surface area contributed by atoms with Gasteiger partial charge in [-0.1, -0.05) is 17.8 Å². The molecule has 2 aromatic rings. The van der Waals surface area contributed by atoms with Crippen LogP contribution in [0.15, 0.2) is 29.4 Å². The molecule has 1 aromatic carbocycles. The van der Waals surface area contributed by atoms with E-state index < -0.39 is 28.9 Å². The number of amidine groups is 1. The lowest BCUT2D eigenvalue weighted by atomic mass is 10.1. The van der Waals surface area contributed by atoms with Crippen LogP contribution in [0, 0.1) is 0 Å². The zero-order valence-electron chi connectivity index (χ0n) is 11.5. The minimum absolute atomic E-state index is 0.131. The maximum Gasteiger partial charge on any atom is 0.418 e. The smallest absolute Gasteiger partial charge is 0.418 e. The van der Waals surface area contributed by atoms with Gasteiger partial charge in [0.2, 0.25) is 0 Å². The lowest BCUT2D eigenvalue weighted by molar-refractivity contribution is -0.136. The van der Waals surface area contributed by atoms with E-state index in [-0.39, 0.29) is 10.9 Å². The van der Waals surface area contributed by atoms with Gasteiger partial charge >= 0.3 is 6.18 Å². The topological polar surface area (TPSA) is 74.6 Å². The predicted octanol–water partition coefficient (Wildman–Crippen LogP) is 2.79. The molecule has 1 aromatic heterocycles. The first-order valence-corrected chi connectivity index (χ1v) is 7.53. The normalized spacial score (nSPS) is 14.8. The summed E-state index contributed by atoms with van der Waals surface area (Å²) < 4.78 is 38.9. The first-order chi connectivity index (χ1) is 10.9. The zero-order chi connectivity index (χ0) is 16.6. The Kier molecular flexibility index (Phi) is 3.88. The zero-order valence-corrected chi connectivity index (χ0v) is 12.3. The van der Waals surface area contributed by atoms with E-state index >= 15 is 0 Å². The molecule has 1 amide bonds. The molecular formula is C14H10F3N3O2S. The Hall–Kier alpha value is -2.29. The maximum absolute atomic E-state index is 13.0. The third kappa shape index (κ3) is 2.96. The third-order valence-electron chi connectivity index (χ3n) is 3.22. The van der Waals surface area contributed by atoms with Crippen molar-refractivity contribution in [2.24, 2.45) is 4.99 Å². The highest BCUT2D eigenvalue weighted by molar-refractivity contribution is 8.14. The van der Waals surface area contributed by atoms with Crippen molar-refractivity contribution in [3.05, 3.63) is 35.5 Å². The number of nitrogens with zero attached hydrogens (tertiary/aromatic N) is 2. The van der Waals surface area contributed by atoms with E-state index in [0.717, 1.165) is 24.1 Å². The number of benzene rings is 1. The van der Waals surface area contributed by atoms with Gasteiger partial charge in [-0.05, 0) is 12.1 Å². The number of alkyl halides is 3. The predicted molar refractivity (Wildman–Crippen MR) is 80.6 cm³/mol. The number of fused-ring (bicyclic) bond motifs is 1. The van der Waals surface area contributed by atoms with Gasteiger partial charge in [0.15, 0.2) is 5.17 Å². The molecule has 0 aliphatic carbocycles. The number of thioether (sulfide) groups is 1. The number of carbonyl (C=O) groups is 1. The number of aromatic hydroxyl groups is 1. The molecule has 0 bridgehead atoms. The average Bonchev–Trinajstić information content (AvgIpc) is 2.99. The van der Waals surface area contributed by atoms with Gasteiger partial charge in [0, 0.05) is 17.3 Å². The summed E-state index contributed by atoms with van der Waals surface area (Å²) in [4.78, 5) is 19.9. The molecule has 0 saturated carbocycles. The Morgan fingerprint density at radius 3 is 2.78 bits per heavy atom. The van der Waals surface area contributed by atoms with Crippen LogP contribution in [0.4, 0.5) is 13.2 Å². The number of halogens is 3. The Bertz CT molecular complexity index is 821. The van der Waals surface area contributed by atoms with E-state index in [1.807, 2.05) is 0 Å². The van der Waals surface area contributed by atoms with E-state index in [1.54, 1.807) is 0 Å². The average molecular weight is 341 g/mol. The SMILES string of the molecule is O=C(NC1=NCCS1)c1cnc2c(C(F)(F)F)cccc2c1O. The minimum atomic E-state index is -4.60. The van der Waals surface area contributed by atoms with Crippen molar-refractivity contribution in [2.45, 2.75) is 6.18 Å². The number of para-hydroxylation sites is 1. The highest BCUT2D eigenvalue weighted by atomic mass is 32.2. The number of hydrogen-bond donors (Lipinski definition) is 2. The highest BCUT2D eigenvalue weighted by Crippen LogP contribution is 2.37. The van der Waals surface area contributed by atoms with E-state index in [4.69, 9.17) is 0 Å². The largest absolute Gasteiger partial charge is 0.506 e. The molecule has 0 saturated heterocycles. The quantitative estimate of drug-likeness (QED) is 0.836. The second-order valence-corrected chi connectivity index (χ2v) is 5.79. The summed E-state index contributed by atoms with van der Waals surface area (Å²) in [5.74, 6) is -0.461. The van der Waals surface area contributed by atoms with Crippen molar-refractivity contribution in [1.82, 2.24) is 10.3 Å². The van der Waals surface area contributed by atoms with Gasteiger partial charge < -0.3 is 10.4 Å². The van der Waals surface area contributed by atoms with Crippen LogP contribution in [-0.4, -0.2) is 33.5 Å². The molecule has 2 N–H and O–H groups in total. The summed E-state index contributed by atoms with van der Waals surface area (Å²) in [6.07, 6.45) is -3.67. The Labute approximate surface area is 132 Å². The molecule has 2 heterocycles. The summed E-state index contributed by atoms with van der Waals surface area (Å²) in [5, 5.41) is 13.0. The first-order valence-electron chi connectivity index (χ1n) is 6.54. The molecule has 0 spiro atoms. The Balaban J connectivity index is 2.04. The monoisotopic (exact) mass is 341 g/mol. The molecular weight excluding hydrogens is 331 g/mol. The molecule has 120 valence electrons. The highest BCUT2D eigenvalue weighted by Gasteiger charge is 2.34. The second kappa shape index (κ2) is 5.73. The molecule has 1 aliphatic rings. The third-order valence-corrected chi connectivity index (χ3v) is 4.12. The van der Waals surface area contributed by atoms with Crippen LogP contribution in [0.25, 0.3) is 10.9 Å². The van der Waals surface area contributed by atoms with Crippen molar-refractivity contribution >= 4 is 33.7 Å². The molecule has 3 rings (SSSR count). The van der Waals surface area contributed by atoms with Crippen LogP contribution in [-0.2, 0) is 6.18 Å². The fraction of sp³-hybridized carbons (Fsp3) is 0.214. The number of aromatic nitrogens is 1.